The quantitative estimate of drug-likeness (QED) is 0.0261. The summed E-state index contributed by atoms with van der Waals surface area (Å²) in [5.74, 6) is -0.871. The number of rotatable bonds is 65. The highest BCUT2D eigenvalue weighted by molar-refractivity contribution is 5.71. The van der Waals surface area contributed by atoms with Crippen molar-refractivity contribution in [2.24, 2.45) is 0 Å². The van der Waals surface area contributed by atoms with Crippen LogP contribution in [0, 0.1) is 0 Å². The Bertz CT molecular complexity index is 1490. The molecular weight excluding hydrogens is 997 g/mol. The van der Waals surface area contributed by atoms with Crippen molar-refractivity contribution in [2.75, 3.05) is 13.2 Å². The van der Waals surface area contributed by atoms with E-state index < -0.39 is 6.10 Å². The maximum absolute atomic E-state index is 12.9. The van der Waals surface area contributed by atoms with Gasteiger partial charge < -0.3 is 14.2 Å². The van der Waals surface area contributed by atoms with Crippen molar-refractivity contribution in [3.8, 4) is 0 Å². The third-order valence-electron chi connectivity index (χ3n) is 15.7. The number of esters is 3. The highest BCUT2D eigenvalue weighted by atomic mass is 16.6. The van der Waals surface area contributed by atoms with Crippen LogP contribution in [-0.4, -0.2) is 37.2 Å². The minimum absolute atomic E-state index is 0.0767. The van der Waals surface area contributed by atoms with Gasteiger partial charge in [-0.15, -0.1) is 0 Å². The molecule has 6 nitrogen and oxygen atoms in total. The monoisotopic (exact) mass is 1130 g/mol. The van der Waals surface area contributed by atoms with Crippen LogP contribution < -0.4 is 0 Å². The van der Waals surface area contributed by atoms with Crippen LogP contribution in [0.5, 0.6) is 0 Å². The summed E-state index contributed by atoms with van der Waals surface area (Å²) >= 11 is 0. The molecule has 0 heterocycles. The molecule has 0 radical (unpaired) electrons. The molecule has 0 spiro atoms. The summed E-state index contributed by atoms with van der Waals surface area (Å²) in [6.45, 7) is 6.62. The molecule has 0 N–H and O–H groups in total. The van der Waals surface area contributed by atoms with Gasteiger partial charge in [-0.05, 0) is 116 Å². The molecule has 1 atom stereocenters. The first-order valence-electron chi connectivity index (χ1n) is 35.4. The molecule has 81 heavy (non-hydrogen) atoms. The Morgan fingerprint density at radius 1 is 0.247 bits per heavy atom. The van der Waals surface area contributed by atoms with Gasteiger partial charge in [-0.3, -0.25) is 14.4 Å². The lowest BCUT2D eigenvalue weighted by Gasteiger charge is -2.18. The van der Waals surface area contributed by atoms with Crippen LogP contribution in [0.1, 0.15) is 367 Å². The molecule has 470 valence electrons. The fourth-order valence-corrected chi connectivity index (χ4v) is 10.3. The van der Waals surface area contributed by atoms with E-state index in [1.54, 1.807) is 0 Å². The zero-order valence-corrected chi connectivity index (χ0v) is 54.1. The number of ether oxygens (including phenoxy) is 3. The summed E-state index contributed by atoms with van der Waals surface area (Å²) in [6.07, 6.45) is 90.7. The summed E-state index contributed by atoms with van der Waals surface area (Å²) in [6, 6.07) is 0. The Kier molecular flexibility index (Phi) is 66.6. The van der Waals surface area contributed by atoms with E-state index in [9.17, 15) is 14.4 Å². The lowest BCUT2D eigenvalue weighted by Crippen LogP contribution is -2.30. The zero-order valence-electron chi connectivity index (χ0n) is 54.1. The standard InChI is InChI=1S/C75H134O6/c1-4-7-10-13-16-19-22-25-27-29-31-32-33-34-35-36-37-38-39-40-41-42-44-45-47-50-53-56-59-62-65-68-74(77)80-71-72(70-79-73(76)67-64-61-58-55-52-49-24-21-18-15-12-9-6-3)81-75(78)69-66-63-60-57-54-51-48-46-43-30-28-26-23-20-17-14-11-8-5-2/h17,20-22,24-26,28-29,31,33-34,72H,4-16,18-19,23,27,30,32,35-71H2,1-3H3/b20-17-,24-21-,25-22-,28-26-,31-29-,34-33-. The first-order chi connectivity index (χ1) is 40.0. The molecule has 0 aliphatic heterocycles. The first kappa shape index (κ1) is 77.9. The Labute approximate surface area is 503 Å². The van der Waals surface area contributed by atoms with Crippen molar-refractivity contribution >= 4 is 17.9 Å². The lowest BCUT2D eigenvalue weighted by atomic mass is 10.0. The van der Waals surface area contributed by atoms with Gasteiger partial charge in [0.25, 0.3) is 0 Å². The van der Waals surface area contributed by atoms with Crippen LogP contribution in [0.3, 0.4) is 0 Å². The van der Waals surface area contributed by atoms with Crippen molar-refractivity contribution < 1.29 is 28.6 Å². The summed E-state index contributed by atoms with van der Waals surface area (Å²) in [5, 5.41) is 0. The normalized spacial score (nSPS) is 12.5. The first-order valence-corrected chi connectivity index (χ1v) is 35.4. The molecule has 0 saturated heterocycles. The highest BCUT2D eigenvalue weighted by Gasteiger charge is 2.19. The second kappa shape index (κ2) is 69.3. The molecule has 0 saturated carbocycles. The third-order valence-corrected chi connectivity index (χ3v) is 15.7. The zero-order chi connectivity index (χ0) is 58.5. The Morgan fingerprint density at radius 2 is 0.444 bits per heavy atom. The molecular formula is C75H134O6. The molecule has 0 amide bonds. The van der Waals surface area contributed by atoms with Crippen molar-refractivity contribution in [2.45, 2.75) is 374 Å². The fraction of sp³-hybridized carbons (Fsp3) is 0.800. The van der Waals surface area contributed by atoms with Gasteiger partial charge in [-0.25, -0.2) is 0 Å². The van der Waals surface area contributed by atoms with E-state index in [1.165, 1.54) is 244 Å². The molecule has 0 aromatic heterocycles. The van der Waals surface area contributed by atoms with Crippen LogP contribution in [0.25, 0.3) is 0 Å². The summed E-state index contributed by atoms with van der Waals surface area (Å²) in [7, 11) is 0. The van der Waals surface area contributed by atoms with Gasteiger partial charge >= 0.3 is 17.9 Å². The summed E-state index contributed by atoms with van der Waals surface area (Å²) < 4.78 is 17.0. The molecule has 0 aromatic carbocycles. The number of carbonyl (C=O) groups is 3. The number of hydrogen-bond donors (Lipinski definition) is 0. The Hall–Kier alpha value is -3.15. The number of allylic oxidation sites excluding steroid dienone is 12. The molecule has 0 bridgehead atoms. The average molecular weight is 1130 g/mol. The van der Waals surface area contributed by atoms with Gasteiger partial charge in [0.2, 0.25) is 0 Å². The Morgan fingerprint density at radius 3 is 0.741 bits per heavy atom. The molecule has 6 heteroatoms. The maximum Gasteiger partial charge on any atom is 0.306 e. The molecule has 0 rings (SSSR count). The molecule has 0 aliphatic rings. The molecule has 0 fully saturated rings. The van der Waals surface area contributed by atoms with Crippen molar-refractivity contribution in [3.63, 3.8) is 0 Å². The maximum atomic E-state index is 12.9. The Balaban J connectivity index is 4.20. The predicted octanol–water partition coefficient (Wildman–Crippen LogP) is 24.4. The number of unbranched alkanes of at least 4 members (excludes halogenated alkanes) is 42. The summed E-state index contributed by atoms with van der Waals surface area (Å²) in [4.78, 5) is 38.4. The van der Waals surface area contributed by atoms with Gasteiger partial charge in [0.05, 0.1) is 0 Å². The fourth-order valence-electron chi connectivity index (χ4n) is 10.3. The van der Waals surface area contributed by atoms with Gasteiger partial charge in [-0.1, -0.05) is 306 Å². The third kappa shape index (κ3) is 67.5. The van der Waals surface area contributed by atoms with Crippen LogP contribution >= 0.6 is 0 Å². The summed E-state index contributed by atoms with van der Waals surface area (Å²) in [5.41, 5.74) is 0. The van der Waals surface area contributed by atoms with E-state index in [-0.39, 0.29) is 31.1 Å². The van der Waals surface area contributed by atoms with Gasteiger partial charge in [0, 0.05) is 19.3 Å². The predicted molar refractivity (Wildman–Crippen MR) is 353 cm³/mol. The van der Waals surface area contributed by atoms with E-state index in [0.29, 0.717) is 19.3 Å². The minimum atomic E-state index is -0.781. The van der Waals surface area contributed by atoms with E-state index in [0.717, 1.165) is 83.5 Å². The van der Waals surface area contributed by atoms with E-state index in [2.05, 4.69) is 93.7 Å². The van der Waals surface area contributed by atoms with Crippen LogP contribution in [0.2, 0.25) is 0 Å². The molecule has 1 unspecified atom stereocenters. The van der Waals surface area contributed by atoms with Crippen LogP contribution in [0.4, 0.5) is 0 Å². The van der Waals surface area contributed by atoms with Gasteiger partial charge in [0.1, 0.15) is 13.2 Å². The van der Waals surface area contributed by atoms with Crippen molar-refractivity contribution in [1.29, 1.82) is 0 Å². The minimum Gasteiger partial charge on any atom is -0.462 e. The van der Waals surface area contributed by atoms with Crippen LogP contribution in [-0.2, 0) is 28.6 Å². The lowest BCUT2D eigenvalue weighted by molar-refractivity contribution is -0.167. The number of carbonyl (C=O) groups excluding carboxylic acids is 3. The second-order valence-electron chi connectivity index (χ2n) is 23.8. The SMILES string of the molecule is CCCCC/C=C\C/C=C\CCCCCCCCCCCC(=O)OC(COC(=O)CCCCCCC/C=C\CCCCCC)COC(=O)CCCCCCCCCCCCCCCCCC/C=C\C/C=C\C/C=C\CCCCCCC. The number of hydrogen-bond acceptors (Lipinski definition) is 6. The van der Waals surface area contributed by atoms with E-state index >= 15 is 0 Å². The second-order valence-corrected chi connectivity index (χ2v) is 23.8. The largest absolute Gasteiger partial charge is 0.462 e. The smallest absolute Gasteiger partial charge is 0.306 e. The van der Waals surface area contributed by atoms with Crippen molar-refractivity contribution in [3.05, 3.63) is 72.9 Å². The topological polar surface area (TPSA) is 78.9 Å². The highest BCUT2D eigenvalue weighted by Crippen LogP contribution is 2.17. The van der Waals surface area contributed by atoms with E-state index in [1.807, 2.05) is 0 Å². The molecule has 0 aromatic rings. The van der Waals surface area contributed by atoms with Crippen LogP contribution in [0.15, 0.2) is 72.9 Å². The van der Waals surface area contributed by atoms with Crippen molar-refractivity contribution in [1.82, 2.24) is 0 Å². The average Bonchev–Trinajstić information content (AvgIpc) is 3.46. The van der Waals surface area contributed by atoms with E-state index in [4.69, 9.17) is 14.2 Å². The van der Waals surface area contributed by atoms with Gasteiger partial charge in [0.15, 0.2) is 6.10 Å². The molecule has 0 aliphatic carbocycles. The van der Waals surface area contributed by atoms with Gasteiger partial charge in [-0.2, -0.15) is 0 Å².